The van der Waals surface area contributed by atoms with E-state index in [9.17, 15) is 4.79 Å². The minimum Gasteiger partial charge on any atom is -0.462 e. The number of benzene rings is 3. The number of hydrogen-bond donors (Lipinski definition) is 0. The number of fused-ring (bicyclic) bond motifs is 2. The Balaban J connectivity index is 1.73. The van der Waals surface area contributed by atoms with Gasteiger partial charge in [-0.3, -0.25) is 0 Å². The number of oxime groups is 1. The average Bonchev–Trinajstić information content (AvgIpc) is 2.66. The van der Waals surface area contributed by atoms with Crippen molar-refractivity contribution in [3.63, 3.8) is 0 Å². The Morgan fingerprint density at radius 2 is 1.64 bits per heavy atom. The fraction of sp³-hybridized carbons (Fsp3) is 0.143. The van der Waals surface area contributed by atoms with Gasteiger partial charge in [-0.15, -0.1) is 0 Å². The van der Waals surface area contributed by atoms with Gasteiger partial charge in [-0.1, -0.05) is 60.3 Å². The second-order valence-electron chi connectivity index (χ2n) is 5.53. The van der Waals surface area contributed by atoms with Gasteiger partial charge in [0.05, 0.1) is 12.8 Å². The Bertz CT molecular complexity index is 877. The third-order valence-electron chi connectivity index (χ3n) is 3.86. The molecule has 0 unspecified atom stereocenters. The summed E-state index contributed by atoms with van der Waals surface area (Å²) in [6.07, 6.45) is 3.47. The van der Waals surface area contributed by atoms with Gasteiger partial charge in [0.25, 0.3) is 0 Å². The number of ether oxygens (including phenoxy) is 1. The van der Waals surface area contributed by atoms with Crippen molar-refractivity contribution in [1.82, 2.24) is 0 Å². The quantitative estimate of drug-likeness (QED) is 0.160. The molecule has 0 aliphatic heterocycles. The normalized spacial score (nSPS) is 11.0. The van der Waals surface area contributed by atoms with Gasteiger partial charge >= 0.3 is 5.97 Å². The first-order valence-corrected chi connectivity index (χ1v) is 8.14. The summed E-state index contributed by atoms with van der Waals surface area (Å²) in [4.78, 5) is 16.2. The molecular formula is C21H19NO3. The highest BCUT2D eigenvalue weighted by Crippen LogP contribution is 2.27. The van der Waals surface area contributed by atoms with E-state index in [0.29, 0.717) is 13.0 Å². The third kappa shape index (κ3) is 4.04. The Morgan fingerprint density at radius 3 is 2.28 bits per heavy atom. The van der Waals surface area contributed by atoms with Crippen molar-refractivity contribution in [2.45, 2.75) is 6.42 Å². The van der Waals surface area contributed by atoms with E-state index in [2.05, 4.69) is 42.1 Å². The van der Waals surface area contributed by atoms with E-state index in [-0.39, 0.29) is 6.61 Å². The molecular weight excluding hydrogens is 314 g/mol. The second-order valence-corrected chi connectivity index (χ2v) is 5.53. The van der Waals surface area contributed by atoms with Gasteiger partial charge in [0.15, 0.2) is 0 Å². The van der Waals surface area contributed by atoms with Crippen molar-refractivity contribution in [1.29, 1.82) is 0 Å². The van der Waals surface area contributed by atoms with E-state index in [0.717, 1.165) is 22.4 Å². The van der Waals surface area contributed by atoms with Crippen LogP contribution in [0.1, 0.15) is 12.0 Å². The van der Waals surface area contributed by atoms with Crippen LogP contribution in [0.4, 0.5) is 0 Å². The number of rotatable bonds is 7. The fourth-order valence-corrected chi connectivity index (χ4v) is 2.69. The molecule has 3 aromatic rings. The first-order valence-electron chi connectivity index (χ1n) is 8.14. The topological polar surface area (TPSA) is 47.9 Å². The van der Waals surface area contributed by atoms with Crippen molar-refractivity contribution in [3.05, 3.63) is 72.8 Å². The predicted molar refractivity (Wildman–Crippen MR) is 101 cm³/mol. The molecule has 0 aliphatic carbocycles. The van der Waals surface area contributed by atoms with Gasteiger partial charge in [0.1, 0.15) is 6.61 Å². The van der Waals surface area contributed by atoms with Crippen molar-refractivity contribution < 1.29 is 14.4 Å². The zero-order chi connectivity index (χ0) is 17.5. The summed E-state index contributed by atoms with van der Waals surface area (Å²) in [6, 6.07) is 18.6. The minimum absolute atomic E-state index is 0.289. The summed E-state index contributed by atoms with van der Waals surface area (Å²) in [6.45, 7) is 4.01. The maximum atomic E-state index is 10.9. The van der Waals surface area contributed by atoms with Gasteiger partial charge in [-0.05, 0) is 27.6 Å². The van der Waals surface area contributed by atoms with Crippen LogP contribution in [0.15, 0.2) is 72.4 Å². The first-order chi connectivity index (χ1) is 12.3. The largest absolute Gasteiger partial charge is 0.462 e. The van der Waals surface area contributed by atoms with E-state index >= 15 is 0 Å². The first kappa shape index (κ1) is 16.7. The van der Waals surface area contributed by atoms with Gasteiger partial charge in [-0.25, -0.2) is 4.79 Å². The van der Waals surface area contributed by atoms with Gasteiger partial charge in [0, 0.05) is 18.1 Å². The summed E-state index contributed by atoms with van der Waals surface area (Å²) in [5.74, 6) is -0.425. The van der Waals surface area contributed by atoms with Gasteiger partial charge in [-0.2, -0.15) is 0 Å². The Hall–Kier alpha value is -3.14. The maximum Gasteiger partial charge on any atom is 0.330 e. The van der Waals surface area contributed by atoms with Crippen LogP contribution in [0.5, 0.6) is 0 Å². The van der Waals surface area contributed by atoms with Crippen LogP contribution >= 0.6 is 0 Å². The number of nitrogens with zero attached hydrogens (tertiary/aromatic N) is 1. The van der Waals surface area contributed by atoms with Crippen molar-refractivity contribution in [2.24, 2.45) is 5.16 Å². The average molecular weight is 333 g/mol. The summed E-state index contributed by atoms with van der Waals surface area (Å²) in [5.41, 5.74) is 1.03. The molecule has 3 rings (SSSR count). The van der Waals surface area contributed by atoms with Crippen molar-refractivity contribution in [3.8, 4) is 0 Å². The number of carbonyl (C=O) groups is 1. The molecule has 0 bridgehead atoms. The SMILES string of the molecule is C=CC(=O)OCCCON=Cc1c2ccccc2cc2ccccc12. The molecule has 0 atom stereocenters. The fourth-order valence-electron chi connectivity index (χ4n) is 2.69. The molecule has 0 aliphatic rings. The lowest BCUT2D eigenvalue weighted by molar-refractivity contribution is -0.138. The second kappa shape index (κ2) is 8.11. The molecule has 0 saturated heterocycles. The van der Waals surface area contributed by atoms with Crippen LogP contribution in [0.3, 0.4) is 0 Å². The van der Waals surface area contributed by atoms with Crippen LogP contribution in [-0.2, 0) is 14.4 Å². The molecule has 25 heavy (non-hydrogen) atoms. The standard InChI is InChI=1S/C21H19NO3/c1-2-21(23)24-12-7-13-25-22-15-20-18-10-5-3-8-16(18)14-17-9-4-6-11-19(17)20/h2-6,8-11,14-15H,1,7,12-13H2. The zero-order valence-corrected chi connectivity index (χ0v) is 13.9. The summed E-state index contributed by atoms with van der Waals surface area (Å²) >= 11 is 0. The monoisotopic (exact) mass is 333 g/mol. The molecule has 4 heteroatoms. The molecule has 0 amide bonds. The highest BCUT2D eigenvalue weighted by atomic mass is 16.6. The molecule has 0 fully saturated rings. The number of hydrogen-bond acceptors (Lipinski definition) is 4. The predicted octanol–water partition coefficient (Wildman–Crippen LogP) is 4.46. The minimum atomic E-state index is -0.425. The zero-order valence-electron chi connectivity index (χ0n) is 13.9. The smallest absolute Gasteiger partial charge is 0.330 e. The number of carbonyl (C=O) groups excluding carboxylic acids is 1. The molecule has 4 nitrogen and oxygen atoms in total. The number of esters is 1. The molecule has 126 valence electrons. The van der Waals surface area contributed by atoms with Crippen LogP contribution in [-0.4, -0.2) is 25.4 Å². The van der Waals surface area contributed by atoms with E-state index in [1.807, 2.05) is 24.3 Å². The lowest BCUT2D eigenvalue weighted by atomic mass is 9.97. The van der Waals surface area contributed by atoms with Gasteiger partial charge in [0.2, 0.25) is 0 Å². The molecule has 0 spiro atoms. The van der Waals surface area contributed by atoms with Crippen LogP contribution in [0, 0.1) is 0 Å². The van der Waals surface area contributed by atoms with Gasteiger partial charge < -0.3 is 9.57 Å². The lowest BCUT2D eigenvalue weighted by Crippen LogP contribution is -2.04. The van der Waals surface area contributed by atoms with E-state index in [4.69, 9.17) is 9.57 Å². The summed E-state index contributed by atoms with van der Waals surface area (Å²) in [5, 5.41) is 8.69. The molecule has 0 N–H and O–H groups in total. The lowest BCUT2D eigenvalue weighted by Gasteiger charge is -2.07. The molecule has 0 radical (unpaired) electrons. The molecule has 0 aromatic heterocycles. The Morgan fingerprint density at radius 1 is 1.00 bits per heavy atom. The summed E-state index contributed by atoms with van der Waals surface area (Å²) < 4.78 is 4.88. The van der Waals surface area contributed by atoms with Crippen molar-refractivity contribution >= 4 is 33.7 Å². The maximum absolute atomic E-state index is 10.9. The van der Waals surface area contributed by atoms with E-state index in [1.165, 1.54) is 10.8 Å². The molecule has 0 heterocycles. The molecule has 0 saturated carbocycles. The highest BCUT2D eigenvalue weighted by molar-refractivity contribution is 6.13. The highest BCUT2D eigenvalue weighted by Gasteiger charge is 2.05. The van der Waals surface area contributed by atoms with E-state index in [1.54, 1.807) is 6.21 Å². The van der Waals surface area contributed by atoms with Crippen molar-refractivity contribution in [2.75, 3.05) is 13.2 Å². The molecule has 3 aromatic carbocycles. The Labute approximate surface area is 146 Å². The Kier molecular flexibility index (Phi) is 5.42. The van der Waals surface area contributed by atoms with Crippen LogP contribution < -0.4 is 0 Å². The van der Waals surface area contributed by atoms with Crippen LogP contribution in [0.25, 0.3) is 21.5 Å². The van der Waals surface area contributed by atoms with E-state index < -0.39 is 5.97 Å². The van der Waals surface area contributed by atoms with Crippen LogP contribution in [0.2, 0.25) is 0 Å². The summed E-state index contributed by atoms with van der Waals surface area (Å²) in [7, 11) is 0. The third-order valence-corrected chi connectivity index (χ3v) is 3.86.